The number of alkyl halides is 3. The number of nitrogens with one attached hydrogen (secondary N) is 1. The summed E-state index contributed by atoms with van der Waals surface area (Å²) in [4.78, 5) is 19.6. The second-order valence-electron chi connectivity index (χ2n) is 8.82. The number of fused-ring (bicyclic) bond motifs is 1. The predicted octanol–water partition coefficient (Wildman–Crippen LogP) is 5.62. The largest absolute Gasteiger partial charge is 0.481 e. The Hall–Kier alpha value is -3.85. The molecular weight excluding hydrogens is 483 g/mol. The van der Waals surface area contributed by atoms with Crippen LogP contribution in [-0.2, 0) is 22.3 Å². The summed E-state index contributed by atoms with van der Waals surface area (Å²) < 4.78 is 53.2. The fourth-order valence-corrected chi connectivity index (χ4v) is 4.57. The van der Waals surface area contributed by atoms with Crippen LogP contribution >= 0.6 is 0 Å². The van der Waals surface area contributed by atoms with Crippen molar-refractivity contribution in [1.82, 2.24) is 9.88 Å². The molecule has 9 heteroatoms. The van der Waals surface area contributed by atoms with E-state index in [1.807, 2.05) is 42.3 Å². The van der Waals surface area contributed by atoms with Crippen LogP contribution in [0.25, 0.3) is 0 Å². The summed E-state index contributed by atoms with van der Waals surface area (Å²) in [5.74, 6) is -1.66. The van der Waals surface area contributed by atoms with Gasteiger partial charge in [0.1, 0.15) is 6.61 Å². The van der Waals surface area contributed by atoms with Crippen LogP contribution in [0.4, 0.5) is 18.9 Å². The first kappa shape index (κ1) is 26.2. The van der Waals surface area contributed by atoms with Gasteiger partial charge in [0, 0.05) is 36.2 Å². The number of hydrogen-bond acceptors (Lipinski definition) is 6. The fourth-order valence-electron chi connectivity index (χ4n) is 4.57. The maximum absolute atomic E-state index is 14.1. The van der Waals surface area contributed by atoms with E-state index in [1.165, 1.54) is 31.5 Å². The van der Waals surface area contributed by atoms with E-state index >= 15 is 0 Å². The van der Waals surface area contributed by atoms with Crippen LogP contribution in [0.1, 0.15) is 35.1 Å². The van der Waals surface area contributed by atoms with Gasteiger partial charge in [-0.3, -0.25) is 4.90 Å². The Bertz CT molecular complexity index is 1290. The van der Waals surface area contributed by atoms with Gasteiger partial charge < -0.3 is 14.8 Å². The molecule has 1 aliphatic rings. The summed E-state index contributed by atoms with van der Waals surface area (Å²) in [6.45, 7) is 2.84. The van der Waals surface area contributed by atoms with Crippen LogP contribution in [0.5, 0.6) is 5.88 Å². The number of aromatic nitrogens is 1. The van der Waals surface area contributed by atoms with E-state index in [4.69, 9.17) is 9.47 Å². The number of anilines is 1. The number of methoxy groups -OCH3 is 1. The molecule has 0 saturated heterocycles. The van der Waals surface area contributed by atoms with Crippen molar-refractivity contribution >= 4 is 11.7 Å². The van der Waals surface area contributed by atoms with Gasteiger partial charge >= 0.3 is 12.1 Å². The van der Waals surface area contributed by atoms with E-state index in [0.29, 0.717) is 30.0 Å². The first-order valence-corrected chi connectivity index (χ1v) is 11.8. The van der Waals surface area contributed by atoms with Crippen molar-refractivity contribution in [3.8, 4) is 5.88 Å². The molecule has 37 heavy (non-hydrogen) atoms. The van der Waals surface area contributed by atoms with E-state index < -0.39 is 23.6 Å². The Labute approximate surface area is 213 Å². The number of esters is 1. The molecule has 1 N–H and O–H groups in total. The molecule has 2 heterocycles. The van der Waals surface area contributed by atoms with Gasteiger partial charge in [-0.25, -0.2) is 9.78 Å². The highest BCUT2D eigenvalue weighted by Gasteiger charge is 2.42. The van der Waals surface area contributed by atoms with Crippen molar-refractivity contribution < 1.29 is 27.4 Å². The molecule has 0 bridgehead atoms. The Morgan fingerprint density at radius 1 is 1.08 bits per heavy atom. The Kier molecular flexibility index (Phi) is 7.83. The molecule has 1 aliphatic heterocycles. The molecule has 6 nitrogen and oxygen atoms in total. The van der Waals surface area contributed by atoms with Crippen LogP contribution in [0.3, 0.4) is 0 Å². The summed E-state index contributed by atoms with van der Waals surface area (Å²) in [6.07, 6.45) is -3.13. The third kappa shape index (κ3) is 5.77. The van der Waals surface area contributed by atoms with Crippen molar-refractivity contribution in [3.05, 3.63) is 100 Å². The van der Waals surface area contributed by atoms with Crippen molar-refractivity contribution in [2.45, 2.75) is 25.6 Å². The summed E-state index contributed by atoms with van der Waals surface area (Å²) in [7, 11) is 3.30. The average molecular weight is 512 g/mol. The molecule has 0 aliphatic carbocycles. The maximum Gasteiger partial charge on any atom is 0.416 e. The highest BCUT2D eigenvalue weighted by Crippen LogP contribution is 2.48. The van der Waals surface area contributed by atoms with Gasteiger partial charge in [0.15, 0.2) is 0 Å². The maximum atomic E-state index is 14.1. The quantitative estimate of drug-likeness (QED) is 0.397. The van der Waals surface area contributed by atoms with Crippen molar-refractivity contribution in [1.29, 1.82) is 0 Å². The number of ether oxygens (including phenoxy) is 2. The number of nitrogens with zero attached hydrogens (tertiary/aromatic N) is 2. The van der Waals surface area contributed by atoms with Crippen molar-refractivity contribution in [2.75, 3.05) is 32.6 Å². The number of halogens is 3. The molecule has 4 rings (SSSR count). The number of carbonyl (C=O) groups excluding carboxylic acids is 1. The highest BCUT2D eigenvalue weighted by molar-refractivity contribution is 5.95. The number of benzene rings is 2. The molecule has 3 aromatic rings. The van der Waals surface area contributed by atoms with Crippen molar-refractivity contribution in [3.63, 3.8) is 0 Å². The summed E-state index contributed by atoms with van der Waals surface area (Å²) >= 11 is 0. The van der Waals surface area contributed by atoms with Gasteiger partial charge in [0.25, 0.3) is 0 Å². The fraction of sp³-hybridized carbons (Fsp3) is 0.286. The zero-order valence-electron chi connectivity index (χ0n) is 20.8. The molecule has 0 spiro atoms. The molecule has 194 valence electrons. The van der Waals surface area contributed by atoms with E-state index in [9.17, 15) is 18.0 Å². The summed E-state index contributed by atoms with van der Waals surface area (Å²) in [5, 5.41) is 3.12. The standard InChI is InChI=1S/C28H28F3N3O3/c1-18-23(27(35)37-16-15-34(2)17-19-9-5-4-6-10-19)24(20-11-7-8-12-21(20)28(29,30)31)25-22(33-18)13-14-32-26(25)36-3/h4-14,24,33H,15-17H2,1-3H3. The van der Waals surface area contributed by atoms with Gasteiger partial charge in [0.05, 0.1) is 24.2 Å². The molecule has 0 amide bonds. The first-order chi connectivity index (χ1) is 17.7. The minimum atomic E-state index is -4.62. The van der Waals surface area contributed by atoms with E-state index in [-0.39, 0.29) is 23.6 Å². The number of pyridine rings is 1. The minimum Gasteiger partial charge on any atom is -0.481 e. The number of hydrogen-bond donors (Lipinski definition) is 1. The van der Waals surface area contributed by atoms with Gasteiger partial charge in [-0.1, -0.05) is 48.5 Å². The highest BCUT2D eigenvalue weighted by atomic mass is 19.4. The summed E-state index contributed by atoms with van der Waals surface area (Å²) in [6, 6.07) is 16.7. The van der Waals surface area contributed by atoms with Crippen LogP contribution < -0.4 is 10.1 Å². The van der Waals surface area contributed by atoms with Gasteiger partial charge in [0.2, 0.25) is 5.88 Å². The average Bonchev–Trinajstić information content (AvgIpc) is 2.87. The number of rotatable bonds is 8. The Balaban J connectivity index is 1.65. The SMILES string of the molecule is COc1nccc2c1C(c1ccccc1C(F)(F)F)C(C(=O)OCCN(C)Cc1ccccc1)=C(C)N2. The predicted molar refractivity (Wildman–Crippen MR) is 134 cm³/mol. The van der Waals surface area contributed by atoms with Gasteiger partial charge in [-0.15, -0.1) is 0 Å². The lowest BCUT2D eigenvalue weighted by Crippen LogP contribution is -2.29. The van der Waals surface area contributed by atoms with E-state index in [1.54, 1.807) is 13.0 Å². The van der Waals surface area contributed by atoms with Crippen LogP contribution in [0.15, 0.2) is 78.1 Å². The first-order valence-electron chi connectivity index (χ1n) is 11.8. The monoisotopic (exact) mass is 511 g/mol. The second kappa shape index (κ2) is 11.0. The molecule has 0 fully saturated rings. The number of likely N-dealkylation sites (N-methyl/N-ethyl adjacent to an activating group) is 1. The van der Waals surface area contributed by atoms with Crippen molar-refractivity contribution in [2.24, 2.45) is 0 Å². The van der Waals surface area contributed by atoms with Crippen LogP contribution in [-0.4, -0.2) is 43.2 Å². The smallest absolute Gasteiger partial charge is 0.416 e. The van der Waals surface area contributed by atoms with Gasteiger partial charge in [-0.05, 0) is 37.2 Å². The molecule has 2 aromatic carbocycles. The Morgan fingerprint density at radius 2 is 1.78 bits per heavy atom. The Morgan fingerprint density at radius 3 is 2.49 bits per heavy atom. The summed E-state index contributed by atoms with van der Waals surface area (Å²) in [5.41, 5.74) is 1.57. The van der Waals surface area contributed by atoms with Gasteiger partial charge in [-0.2, -0.15) is 13.2 Å². The van der Waals surface area contributed by atoms with E-state index in [2.05, 4.69) is 10.3 Å². The van der Waals surface area contributed by atoms with Crippen LogP contribution in [0, 0.1) is 0 Å². The third-order valence-electron chi connectivity index (χ3n) is 6.25. The topological polar surface area (TPSA) is 63.7 Å². The molecule has 0 radical (unpaired) electrons. The lowest BCUT2D eigenvalue weighted by molar-refractivity contribution is -0.141. The third-order valence-corrected chi connectivity index (χ3v) is 6.25. The molecule has 0 saturated carbocycles. The molecule has 1 atom stereocenters. The number of carbonyl (C=O) groups is 1. The molecular formula is C28H28F3N3O3. The molecule has 1 unspecified atom stereocenters. The normalized spacial score (nSPS) is 15.3. The zero-order chi connectivity index (χ0) is 26.6. The zero-order valence-corrected chi connectivity index (χ0v) is 20.8. The van der Waals surface area contributed by atoms with Crippen LogP contribution in [0.2, 0.25) is 0 Å². The molecule has 1 aromatic heterocycles. The number of allylic oxidation sites excluding steroid dienone is 1. The lowest BCUT2D eigenvalue weighted by atomic mass is 9.79. The second-order valence-corrected chi connectivity index (χ2v) is 8.82. The van der Waals surface area contributed by atoms with E-state index in [0.717, 1.165) is 11.6 Å². The lowest BCUT2D eigenvalue weighted by Gasteiger charge is -2.32. The minimum absolute atomic E-state index is 0.0726.